The number of carbonyl (C=O) groups excluding carboxylic acids is 1. The van der Waals surface area contributed by atoms with Gasteiger partial charge in [-0.05, 0) is 83.9 Å². The van der Waals surface area contributed by atoms with Crippen LogP contribution in [0.2, 0.25) is 0 Å². The fourth-order valence-corrected chi connectivity index (χ4v) is 3.39. The van der Waals surface area contributed by atoms with E-state index in [-0.39, 0.29) is 6.09 Å². The Morgan fingerprint density at radius 1 is 1.21 bits per heavy atom. The van der Waals surface area contributed by atoms with Crippen molar-refractivity contribution in [1.29, 1.82) is 0 Å². The van der Waals surface area contributed by atoms with E-state index in [9.17, 15) is 4.79 Å². The molecule has 0 spiro atoms. The molecule has 0 aromatic heterocycles. The van der Waals surface area contributed by atoms with Gasteiger partial charge in [-0.2, -0.15) is 0 Å². The molecule has 1 N–H and O–H groups in total. The third kappa shape index (κ3) is 4.01. The molecule has 0 radical (unpaired) electrons. The highest BCUT2D eigenvalue weighted by Crippen LogP contribution is 2.32. The van der Waals surface area contributed by atoms with Crippen LogP contribution in [0.3, 0.4) is 0 Å². The van der Waals surface area contributed by atoms with Crippen molar-refractivity contribution in [2.75, 3.05) is 36.9 Å². The predicted molar refractivity (Wildman–Crippen MR) is 97.9 cm³/mol. The number of hydrogen-bond donors (Lipinski definition) is 1. The number of nitrogens with one attached hydrogen (secondary N) is 1. The van der Waals surface area contributed by atoms with Crippen LogP contribution < -0.4 is 10.2 Å². The van der Waals surface area contributed by atoms with Gasteiger partial charge in [-0.3, -0.25) is 4.90 Å². The second-order valence-electron chi connectivity index (χ2n) is 7.95. The highest BCUT2D eigenvalue weighted by molar-refractivity contribution is 5.91. The number of likely N-dealkylation sites (tertiary alicyclic amines) is 1. The minimum absolute atomic E-state index is 0.253. The minimum atomic E-state index is -0.463. The van der Waals surface area contributed by atoms with Gasteiger partial charge >= 0.3 is 6.09 Å². The molecule has 0 atom stereocenters. The van der Waals surface area contributed by atoms with E-state index in [0.717, 1.165) is 30.9 Å². The van der Waals surface area contributed by atoms with Crippen LogP contribution in [-0.4, -0.2) is 49.3 Å². The molecule has 1 fully saturated rings. The van der Waals surface area contributed by atoms with Crippen molar-refractivity contribution < 1.29 is 9.53 Å². The molecular weight excluding hydrogens is 302 g/mol. The number of ether oxygens (including phenoxy) is 1. The smallest absolute Gasteiger partial charge is 0.414 e. The maximum absolute atomic E-state index is 12.3. The molecule has 0 aliphatic carbocycles. The Balaban J connectivity index is 1.66. The molecule has 0 bridgehead atoms. The zero-order valence-corrected chi connectivity index (χ0v) is 15.3. The molecule has 5 heteroatoms. The highest BCUT2D eigenvalue weighted by Gasteiger charge is 2.29. The fourth-order valence-electron chi connectivity index (χ4n) is 3.39. The summed E-state index contributed by atoms with van der Waals surface area (Å²) in [5.41, 5.74) is 2.90. The number of amides is 1. The molecular formula is C19H29N3O2. The Morgan fingerprint density at radius 2 is 1.92 bits per heavy atom. The van der Waals surface area contributed by atoms with Gasteiger partial charge in [-0.15, -0.1) is 0 Å². The summed E-state index contributed by atoms with van der Waals surface area (Å²) in [7, 11) is 2.18. The number of fused-ring (bicyclic) bond motifs is 1. The lowest BCUT2D eigenvalue weighted by Crippen LogP contribution is -2.36. The molecule has 2 aliphatic heterocycles. The number of anilines is 2. The third-order valence-electron chi connectivity index (χ3n) is 4.68. The van der Waals surface area contributed by atoms with Gasteiger partial charge in [0.2, 0.25) is 0 Å². The van der Waals surface area contributed by atoms with E-state index in [2.05, 4.69) is 29.4 Å². The normalized spacial score (nSPS) is 19.2. The van der Waals surface area contributed by atoms with Crippen molar-refractivity contribution in [3.8, 4) is 0 Å². The molecule has 3 rings (SSSR count). The maximum Gasteiger partial charge on any atom is 0.414 e. The summed E-state index contributed by atoms with van der Waals surface area (Å²) in [5.74, 6) is 0. The standard InChI is InChI=1S/C19H29N3O2/c1-19(2,3)24-18(23)22-12-7-14-13-16(5-6-17(14)22)20-15-8-10-21(4)11-9-15/h5-6,13,15,20H,7-12H2,1-4H3. The Kier molecular flexibility index (Phi) is 4.72. The first-order valence-electron chi connectivity index (χ1n) is 8.90. The summed E-state index contributed by atoms with van der Waals surface area (Å²) >= 11 is 0. The Bertz CT molecular complexity index is 601. The summed E-state index contributed by atoms with van der Waals surface area (Å²) in [5, 5.41) is 3.65. The zero-order chi connectivity index (χ0) is 17.3. The van der Waals surface area contributed by atoms with E-state index in [0.29, 0.717) is 12.6 Å². The Hall–Kier alpha value is -1.75. The summed E-state index contributed by atoms with van der Waals surface area (Å²) < 4.78 is 5.51. The van der Waals surface area contributed by atoms with Gasteiger partial charge in [0.05, 0.1) is 5.69 Å². The molecule has 0 unspecified atom stereocenters. The van der Waals surface area contributed by atoms with Crippen LogP contribution in [0.25, 0.3) is 0 Å². The molecule has 1 amide bonds. The lowest BCUT2D eigenvalue weighted by Gasteiger charge is -2.30. The molecule has 2 heterocycles. The van der Waals surface area contributed by atoms with Crippen LogP contribution in [0.15, 0.2) is 18.2 Å². The van der Waals surface area contributed by atoms with Crippen molar-refractivity contribution >= 4 is 17.5 Å². The minimum Gasteiger partial charge on any atom is -0.443 e. The molecule has 24 heavy (non-hydrogen) atoms. The van der Waals surface area contributed by atoms with Gasteiger partial charge in [-0.1, -0.05) is 0 Å². The second kappa shape index (κ2) is 6.63. The van der Waals surface area contributed by atoms with E-state index in [4.69, 9.17) is 4.74 Å². The summed E-state index contributed by atoms with van der Waals surface area (Å²) in [6.07, 6.45) is 2.99. The number of hydrogen-bond acceptors (Lipinski definition) is 4. The predicted octanol–water partition coefficient (Wildman–Crippen LogP) is 3.49. The van der Waals surface area contributed by atoms with E-state index in [1.54, 1.807) is 4.90 Å². The molecule has 1 aromatic rings. The molecule has 132 valence electrons. The summed E-state index contributed by atoms with van der Waals surface area (Å²) in [6.45, 7) is 8.69. The number of rotatable bonds is 2. The number of carbonyl (C=O) groups is 1. The van der Waals surface area contributed by atoms with Gasteiger partial charge in [0.15, 0.2) is 0 Å². The third-order valence-corrected chi connectivity index (χ3v) is 4.68. The van der Waals surface area contributed by atoms with Crippen molar-refractivity contribution in [2.45, 2.75) is 51.7 Å². The van der Waals surface area contributed by atoms with Crippen LogP contribution in [0, 0.1) is 0 Å². The molecule has 1 aromatic carbocycles. The van der Waals surface area contributed by atoms with Gasteiger partial charge in [-0.25, -0.2) is 4.79 Å². The number of piperidine rings is 1. The van der Waals surface area contributed by atoms with Crippen LogP contribution >= 0.6 is 0 Å². The molecule has 5 nitrogen and oxygen atoms in total. The van der Waals surface area contributed by atoms with Crippen LogP contribution in [0.1, 0.15) is 39.2 Å². The number of benzene rings is 1. The van der Waals surface area contributed by atoms with Crippen molar-refractivity contribution in [3.63, 3.8) is 0 Å². The first-order valence-corrected chi connectivity index (χ1v) is 8.90. The average molecular weight is 331 g/mol. The van der Waals surface area contributed by atoms with Gasteiger partial charge < -0.3 is 15.0 Å². The first kappa shape index (κ1) is 17.1. The zero-order valence-electron chi connectivity index (χ0n) is 15.3. The largest absolute Gasteiger partial charge is 0.443 e. The first-order chi connectivity index (χ1) is 11.3. The summed E-state index contributed by atoms with van der Waals surface area (Å²) in [4.78, 5) is 16.5. The second-order valence-corrected chi connectivity index (χ2v) is 7.95. The van der Waals surface area contributed by atoms with Crippen molar-refractivity contribution in [3.05, 3.63) is 23.8 Å². The van der Waals surface area contributed by atoms with Gasteiger partial charge in [0, 0.05) is 18.3 Å². The molecule has 1 saturated heterocycles. The van der Waals surface area contributed by atoms with Crippen LogP contribution in [0.5, 0.6) is 0 Å². The van der Waals surface area contributed by atoms with Crippen LogP contribution in [-0.2, 0) is 11.2 Å². The van der Waals surface area contributed by atoms with E-state index >= 15 is 0 Å². The van der Waals surface area contributed by atoms with Crippen LogP contribution in [0.4, 0.5) is 16.2 Å². The van der Waals surface area contributed by atoms with Crippen molar-refractivity contribution in [2.24, 2.45) is 0 Å². The number of nitrogens with zero attached hydrogens (tertiary/aromatic N) is 2. The van der Waals surface area contributed by atoms with E-state index in [1.165, 1.54) is 18.4 Å². The Labute approximate surface area is 145 Å². The maximum atomic E-state index is 12.3. The lowest BCUT2D eigenvalue weighted by molar-refractivity contribution is 0.0584. The average Bonchev–Trinajstić information content (AvgIpc) is 2.91. The monoisotopic (exact) mass is 331 g/mol. The fraction of sp³-hybridized carbons (Fsp3) is 0.632. The molecule has 0 saturated carbocycles. The van der Waals surface area contributed by atoms with Crippen molar-refractivity contribution in [1.82, 2.24) is 4.90 Å². The summed E-state index contributed by atoms with van der Waals surface area (Å²) in [6, 6.07) is 6.86. The SMILES string of the molecule is CN1CCC(Nc2ccc3c(c2)CCN3C(=O)OC(C)(C)C)CC1. The lowest BCUT2D eigenvalue weighted by atomic mass is 10.0. The molecule has 2 aliphatic rings. The quantitative estimate of drug-likeness (QED) is 0.901. The van der Waals surface area contributed by atoms with E-state index in [1.807, 2.05) is 26.8 Å². The van der Waals surface area contributed by atoms with Gasteiger partial charge in [0.25, 0.3) is 0 Å². The van der Waals surface area contributed by atoms with Gasteiger partial charge in [0.1, 0.15) is 5.60 Å². The topological polar surface area (TPSA) is 44.8 Å². The highest BCUT2D eigenvalue weighted by atomic mass is 16.6. The van der Waals surface area contributed by atoms with E-state index < -0.39 is 5.60 Å². The Morgan fingerprint density at radius 3 is 2.58 bits per heavy atom.